The van der Waals surface area contributed by atoms with Crippen LogP contribution in [-0.4, -0.2) is 54.1 Å². The topological polar surface area (TPSA) is 67.0 Å². The van der Waals surface area contributed by atoms with Gasteiger partial charge in [0.25, 0.3) is 0 Å². The number of aliphatic hydroxyl groups is 1. The molecule has 6 nitrogen and oxygen atoms in total. The highest BCUT2D eigenvalue weighted by atomic mass is 16.7. The maximum absolute atomic E-state index is 10.5. The van der Waals surface area contributed by atoms with Gasteiger partial charge in [-0.25, -0.2) is 0 Å². The summed E-state index contributed by atoms with van der Waals surface area (Å²) in [6.07, 6.45) is 3.55. The van der Waals surface area contributed by atoms with Gasteiger partial charge in [0, 0.05) is 23.6 Å². The van der Waals surface area contributed by atoms with Crippen molar-refractivity contribution in [2.75, 3.05) is 33.0 Å². The normalized spacial score (nSPS) is 18.2. The van der Waals surface area contributed by atoms with E-state index in [0.717, 1.165) is 54.1 Å². The van der Waals surface area contributed by atoms with Gasteiger partial charge in [-0.15, -0.1) is 0 Å². The van der Waals surface area contributed by atoms with Crippen LogP contribution in [0.1, 0.15) is 24.3 Å². The number of nitrogens with zero attached hydrogens (tertiary/aromatic N) is 1. The largest absolute Gasteiger partial charge is 0.490 e. The highest BCUT2D eigenvalue weighted by molar-refractivity contribution is 5.85. The molecule has 0 radical (unpaired) electrons. The van der Waals surface area contributed by atoms with Crippen molar-refractivity contribution < 1.29 is 19.3 Å². The second-order valence-corrected chi connectivity index (χ2v) is 7.85. The van der Waals surface area contributed by atoms with Gasteiger partial charge in [-0.3, -0.25) is 0 Å². The lowest BCUT2D eigenvalue weighted by Crippen LogP contribution is -2.40. The number of aromatic amines is 1. The molecule has 1 fully saturated rings. The average Bonchev–Trinajstić information content (AvgIpc) is 3.41. The Labute approximate surface area is 170 Å². The summed E-state index contributed by atoms with van der Waals surface area (Å²) in [7, 11) is 0. The number of benzene rings is 2. The van der Waals surface area contributed by atoms with Crippen molar-refractivity contribution in [2.45, 2.75) is 24.9 Å². The number of ether oxygens (including phenoxy) is 3. The summed E-state index contributed by atoms with van der Waals surface area (Å²) >= 11 is 0. The van der Waals surface area contributed by atoms with Crippen molar-refractivity contribution in [2.24, 2.45) is 0 Å². The van der Waals surface area contributed by atoms with Crippen molar-refractivity contribution in [3.63, 3.8) is 0 Å². The molecule has 2 aliphatic heterocycles. The van der Waals surface area contributed by atoms with E-state index in [1.165, 1.54) is 5.56 Å². The standard InChI is InChI=1S/C23H26N2O4/c26-18(14-27-21-3-1-2-20-19(21)6-9-24-20)13-25-10-7-16(8-11-25)17-4-5-22-23(12-17)29-15-28-22/h1-6,9,12,16,18,24,26H,7-8,10-11,13-15H2. The number of H-pyrrole nitrogens is 1. The van der Waals surface area contributed by atoms with E-state index in [-0.39, 0.29) is 0 Å². The number of aliphatic hydroxyl groups excluding tert-OH is 1. The summed E-state index contributed by atoms with van der Waals surface area (Å²) in [5.41, 5.74) is 2.36. The molecule has 1 atom stereocenters. The van der Waals surface area contributed by atoms with Gasteiger partial charge < -0.3 is 29.2 Å². The van der Waals surface area contributed by atoms with E-state index in [0.29, 0.717) is 25.9 Å². The van der Waals surface area contributed by atoms with E-state index >= 15 is 0 Å². The molecule has 0 amide bonds. The van der Waals surface area contributed by atoms with Crippen LogP contribution in [0.3, 0.4) is 0 Å². The van der Waals surface area contributed by atoms with Crippen LogP contribution in [0.2, 0.25) is 0 Å². The summed E-state index contributed by atoms with van der Waals surface area (Å²) in [6, 6.07) is 14.2. The Kier molecular flexibility index (Phi) is 5.04. The number of β-amino-alcohol motifs (C(OH)–C–C–N with tert-alkyl or cyclic N) is 1. The Morgan fingerprint density at radius 3 is 2.86 bits per heavy atom. The van der Waals surface area contributed by atoms with Gasteiger partial charge in [0.2, 0.25) is 6.79 Å². The van der Waals surface area contributed by atoms with Crippen LogP contribution in [0.25, 0.3) is 10.9 Å². The smallest absolute Gasteiger partial charge is 0.231 e. The SMILES string of the molecule is OC(COc1cccc2[nH]ccc12)CN1CCC(c2ccc3c(c2)OCO3)CC1. The third kappa shape index (κ3) is 3.91. The molecule has 6 heteroatoms. The van der Waals surface area contributed by atoms with Gasteiger partial charge in [-0.05, 0) is 67.7 Å². The molecule has 3 heterocycles. The van der Waals surface area contributed by atoms with E-state index in [1.807, 2.05) is 36.5 Å². The van der Waals surface area contributed by atoms with Crippen LogP contribution in [0.15, 0.2) is 48.7 Å². The first kappa shape index (κ1) is 18.3. The lowest BCUT2D eigenvalue weighted by molar-refractivity contribution is 0.0599. The first-order valence-corrected chi connectivity index (χ1v) is 10.2. The van der Waals surface area contributed by atoms with Crippen LogP contribution in [0.5, 0.6) is 17.2 Å². The number of likely N-dealkylation sites (tertiary alicyclic amines) is 1. The fourth-order valence-electron chi connectivity index (χ4n) is 4.34. The summed E-state index contributed by atoms with van der Waals surface area (Å²) in [6.45, 7) is 3.20. The zero-order valence-electron chi connectivity index (χ0n) is 16.3. The minimum absolute atomic E-state index is 0.298. The van der Waals surface area contributed by atoms with Gasteiger partial charge in [-0.2, -0.15) is 0 Å². The lowest BCUT2D eigenvalue weighted by Gasteiger charge is -2.33. The maximum Gasteiger partial charge on any atom is 0.231 e. The zero-order chi connectivity index (χ0) is 19.6. The molecule has 3 aromatic rings. The molecule has 1 aromatic heterocycles. The van der Waals surface area contributed by atoms with Gasteiger partial charge in [0.15, 0.2) is 11.5 Å². The summed E-state index contributed by atoms with van der Waals surface area (Å²) in [4.78, 5) is 5.51. The minimum atomic E-state index is -0.508. The number of rotatable bonds is 6. The molecule has 29 heavy (non-hydrogen) atoms. The first-order chi connectivity index (χ1) is 14.3. The first-order valence-electron chi connectivity index (χ1n) is 10.2. The third-order valence-corrected chi connectivity index (χ3v) is 5.91. The van der Waals surface area contributed by atoms with Crippen LogP contribution < -0.4 is 14.2 Å². The number of piperidine rings is 1. The van der Waals surface area contributed by atoms with Crippen LogP contribution >= 0.6 is 0 Å². The molecule has 2 aromatic carbocycles. The fourth-order valence-corrected chi connectivity index (χ4v) is 4.34. The van der Waals surface area contributed by atoms with Gasteiger partial charge >= 0.3 is 0 Å². The molecule has 5 rings (SSSR count). The molecule has 0 aliphatic carbocycles. The van der Waals surface area contributed by atoms with Crippen molar-refractivity contribution in [1.82, 2.24) is 9.88 Å². The number of fused-ring (bicyclic) bond motifs is 2. The quantitative estimate of drug-likeness (QED) is 0.670. The molecular formula is C23H26N2O4. The van der Waals surface area contributed by atoms with Crippen molar-refractivity contribution in [1.29, 1.82) is 0 Å². The summed E-state index contributed by atoms with van der Waals surface area (Å²) in [5, 5.41) is 11.5. The highest BCUT2D eigenvalue weighted by Crippen LogP contribution is 2.37. The average molecular weight is 394 g/mol. The summed E-state index contributed by atoms with van der Waals surface area (Å²) in [5.74, 6) is 3.03. The summed E-state index contributed by atoms with van der Waals surface area (Å²) < 4.78 is 16.8. The number of hydrogen-bond donors (Lipinski definition) is 2. The Hall–Kier alpha value is -2.70. The molecule has 0 spiro atoms. The van der Waals surface area contributed by atoms with Gasteiger partial charge in [0.05, 0.1) is 0 Å². The molecule has 1 saturated heterocycles. The van der Waals surface area contributed by atoms with E-state index in [1.54, 1.807) is 0 Å². The molecule has 152 valence electrons. The van der Waals surface area contributed by atoms with Crippen molar-refractivity contribution >= 4 is 10.9 Å². The van der Waals surface area contributed by atoms with E-state index < -0.39 is 6.10 Å². The van der Waals surface area contributed by atoms with E-state index in [9.17, 15) is 5.11 Å². The lowest BCUT2D eigenvalue weighted by atomic mass is 9.89. The van der Waals surface area contributed by atoms with Crippen LogP contribution in [0, 0.1) is 0 Å². The van der Waals surface area contributed by atoms with Crippen molar-refractivity contribution in [3.8, 4) is 17.2 Å². The number of nitrogens with one attached hydrogen (secondary N) is 1. The molecular weight excluding hydrogens is 368 g/mol. The van der Waals surface area contributed by atoms with Gasteiger partial charge in [-0.1, -0.05) is 12.1 Å². The zero-order valence-corrected chi connectivity index (χ0v) is 16.3. The van der Waals surface area contributed by atoms with Crippen molar-refractivity contribution in [3.05, 3.63) is 54.2 Å². The minimum Gasteiger partial charge on any atom is -0.490 e. The Balaban J connectivity index is 1.11. The molecule has 1 unspecified atom stereocenters. The van der Waals surface area contributed by atoms with Gasteiger partial charge in [0.1, 0.15) is 18.5 Å². The van der Waals surface area contributed by atoms with E-state index in [4.69, 9.17) is 14.2 Å². The predicted molar refractivity (Wildman–Crippen MR) is 111 cm³/mol. The predicted octanol–water partition coefficient (Wildman–Crippen LogP) is 3.52. The third-order valence-electron chi connectivity index (χ3n) is 5.91. The molecule has 0 bridgehead atoms. The number of hydrogen-bond acceptors (Lipinski definition) is 5. The molecule has 2 aliphatic rings. The monoisotopic (exact) mass is 394 g/mol. The maximum atomic E-state index is 10.5. The van der Waals surface area contributed by atoms with Crippen LogP contribution in [-0.2, 0) is 0 Å². The Morgan fingerprint density at radius 2 is 1.97 bits per heavy atom. The Morgan fingerprint density at radius 1 is 1.10 bits per heavy atom. The number of aromatic nitrogens is 1. The van der Waals surface area contributed by atoms with E-state index in [2.05, 4.69) is 22.0 Å². The molecule has 2 N–H and O–H groups in total. The fraction of sp³-hybridized carbons (Fsp3) is 0.391. The second kappa shape index (κ2) is 7.97. The Bertz CT molecular complexity index is 978. The highest BCUT2D eigenvalue weighted by Gasteiger charge is 2.24. The molecule has 0 saturated carbocycles. The second-order valence-electron chi connectivity index (χ2n) is 7.85. The van der Waals surface area contributed by atoms with Crippen LogP contribution in [0.4, 0.5) is 0 Å².